The van der Waals surface area contributed by atoms with Crippen molar-refractivity contribution in [3.8, 4) is 5.75 Å². The third-order valence-electron chi connectivity index (χ3n) is 3.65. The van der Waals surface area contributed by atoms with Crippen molar-refractivity contribution in [1.82, 2.24) is 5.32 Å². The molecule has 1 aromatic carbocycles. The largest absolute Gasteiger partial charge is 0.433 e. The minimum absolute atomic E-state index is 0.00346. The summed E-state index contributed by atoms with van der Waals surface area (Å²) in [7, 11) is 0. The van der Waals surface area contributed by atoms with E-state index in [1.165, 1.54) is 6.07 Å². The molecule has 1 aliphatic heterocycles. The molecule has 0 bridgehead atoms. The number of halogens is 2. The van der Waals surface area contributed by atoms with Crippen molar-refractivity contribution in [2.45, 2.75) is 32.4 Å². The Bertz CT molecular complexity index is 514. The van der Waals surface area contributed by atoms with Crippen LogP contribution in [0.4, 0.5) is 14.5 Å². The van der Waals surface area contributed by atoms with E-state index in [9.17, 15) is 13.6 Å². The first-order chi connectivity index (χ1) is 11.1. The second-order valence-electron chi connectivity index (χ2n) is 5.29. The first kappa shape index (κ1) is 17.5. The quantitative estimate of drug-likeness (QED) is 0.745. The van der Waals surface area contributed by atoms with Gasteiger partial charge < -0.3 is 19.7 Å². The summed E-state index contributed by atoms with van der Waals surface area (Å²) < 4.78 is 34.7. The number of ether oxygens (including phenoxy) is 2. The number of alkyl halides is 2. The topological polar surface area (TPSA) is 50.8 Å². The molecule has 1 fully saturated rings. The lowest BCUT2D eigenvalue weighted by molar-refractivity contribution is -0.122. The standard InChI is InChI=1S/C16H22F2N2O3/c1-2-22-10-8-15(21)19-12-7-9-20(11-12)13-5-3-4-6-14(13)23-16(17)18/h3-6,12,16H,2,7-11H2,1H3,(H,19,21)/t12-/m0/s1. The number of benzene rings is 1. The summed E-state index contributed by atoms with van der Waals surface area (Å²) >= 11 is 0. The zero-order chi connectivity index (χ0) is 16.7. The first-order valence-corrected chi connectivity index (χ1v) is 7.76. The lowest BCUT2D eigenvalue weighted by Gasteiger charge is -2.22. The molecule has 1 amide bonds. The first-order valence-electron chi connectivity index (χ1n) is 7.76. The van der Waals surface area contributed by atoms with E-state index in [1.54, 1.807) is 18.2 Å². The maximum absolute atomic E-state index is 12.5. The monoisotopic (exact) mass is 328 g/mol. The van der Waals surface area contributed by atoms with Crippen LogP contribution in [0.2, 0.25) is 0 Å². The van der Waals surface area contributed by atoms with Gasteiger partial charge in [-0.25, -0.2) is 0 Å². The van der Waals surface area contributed by atoms with Gasteiger partial charge in [0.1, 0.15) is 5.75 Å². The van der Waals surface area contributed by atoms with Gasteiger partial charge in [-0.1, -0.05) is 12.1 Å². The fourth-order valence-electron chi connectivity index (χ4n) is 2.62. The minimum Gasteiger partial charge on any atom is -0.433 e. The van der Waals surface area contributed by atoms with E-state index in [1.807, 2.05) is 11.8 Å². The Kier molecular flexibility index (Phi) is 6.58. The highest BCUT2D eigenvalue weighted by atomic mass is 19.3. The van der Waals surface area contributed by atoms with Gasteiger partial charge in [-0.05, 0) is 25.5 Å². The second-order valence-corrected chi connectivity index (χ2v) is 5.29. The molecule has 1 heterocycles. The summed E-state index contributed by atoms with van der Waals surface area (Å²) in [4.78, 5) is 13.7. The second kappa shape index (κ2) is 8.67. The van der Waals surface area contributed by atoms with Crippen LogP contribution in [-0.2, 0) is 9.53 Å². The molecule has 2 rings (SSSR count). The smallest absolute Gasteiger partial charge is 0.387 e. The van der Waals surface area contributed by atoms with Crippen molar-refractivity contribution in [3.63, 3.8) is 0 Å². The molecule has 1 atom stereocenters. The lowest BCUT2D eigenvalue weighted by atomic mass is 10.2. The van der Waals surface area contributed by atoms with Crippen LogP contribution in [-0.4, -0.2) is 44.9 Å². The Morgan fingerprint density at radius 3 is 2.96 bits per heavy atom. The average molecular weight is 328 g/mol. The molecule has 0 saturated carbocycles. The predicted molar refractivity (Wildman–Crippen MR) is 82.9 cm³/mol. The number of hydrogen-bond donors (Lipinski definition) is 1. The van der Waals surface area contributed by atoms with Gasteiger partial charge in [-0.2, -0.15) is 8.78 Å². The Morgan fingerprint density at radius 2 is 2.22 bits per heavy atom. The number of hydrogen-bond acceptors (Lipinski definition) is 4. The molecule has 1 saturated heterocycles. The zero-order valence-corrected chi connectivity index (χ0v) is 13.1. The van der Waals surface area contributed by atoms with Crippen LogP contribution >= 0.6 is 0 Å². The van der Waals surface area contributed by atoms with E-state index in [-0.39, 0.29) is 17.7 Å². The van der Waals surface area contributed by atoms with Crippen LogP contribution < -0.4 is 15.0 Å². The normalized spacial score (nSPS) is 17.6. The van der Waals surface area contributed by atoms with Crippen molar-refractivity contribution in [1.29, 1.82) is 0 Å². The van der Waals surface area contributed by atoms with E-state index >= 15 is 0 Å². The third-order valence-corrected chi connectivity index (χ3v) is 3.65. The summed E-state index contributed by atoms with van der Waals surface area (Å²) in [6, 6.07) is 6.71. The van der Waals surface area contributed by atoms with Crippen LogP contribution in [0.3, 0.4) is 0 Å². The molecular formula is C16H22F2N2O3. The summed E-state index contributed by atoms with van der Waals surface area (Å²) in [5, 5.41) is 2.95. The fraction of sp³-hybridized carbons (Fsp3) is 0.562. The Hall–Kier alpha value is -1.89. The van der Waals surface area contributed by atoms with Crippen LogP contribution in [0.1, 0.15) is 19.8 Å². The maximum Gasteiger partial charge on any atom is 0.387 e. The SMILES string of the molecule is CCOCCC(=O)N[C@H]1CCN(c2ccccc2OC(F)F)C1. The summed E-state index contributed by atoms with van der Waals surface area (Å²) in [5.74, 6) is 0.105. The number of para-hydroxylation sites is 2. The molecule has 0 aliphatic carbocycles. The molecule has 0 spiro atoms. The van der Waals surface area contributed by atoms with Gasteiger partial charge in [-0.3, -0.25) is 4.79 Å². The van der Waals surface area contributed by atoms with Crippen LogP contribution in [0.15, 0.2) is 24.3 Å². The molecule has 23 heavy (non-hydrogen) atoms. The summed E-state index contributed by atoms with van der Waals surface area (Å²) in [5.41, 5.74) is 0.624. The van der Waals surface area contributed by atoms with E-state index < -0.39 is 6.61 Å². The van der Waals surface area contributed by atoms with Gasteiger partial charge >= 0.3 is 6.61 Å². The van der Waals surface area contributed by atoms with E-state index in [2.05, 4.69) is 10.1 Å². The van der Waals surface area contributed by atoms with Crippen molar-refractivity contribution in [2.75, 3.05) is 31.2 Å². The molecule has 1 aliphatic rings. The molecule has 128 valence electrons. The van der Waals surface area contributed by atoms with E-state index in [0.717, 1.165) is 6.42 Å². The molecular weight excluding hydrogens is 306 g/mol. The molecule has 5 nitrogen and oxygen atoms in total. The zero-order valence-electron chi connectivity index (χ0n) is 13.1. The van der Waals surface area contributed by atoms with E-state index in [0.29, 0.717) is 38.4 Å². The maximum atomic E-state index is 12.5. The average Bonchev–Trinajstić information content (AvgIpc) is 2.95. The van der Waals surface area contributed by atoms with Gasteiger partial charge in [0.25, 0.3) is 0 Å². The highest BCUT2D eigenvalue weighted by Gasteiger charge is 2.26. The molecule has 0 radical (unpaired) electrons. The number of nitrogens with one attached hydrogen (secondary N) is 1. The van der Waals surface area contributed by atoms with Crippen LogP contribution in [0.25, 0.3) is 0 Å². The Labute approximate surface area is 134 Å². The number of anilines is 1. The molecule has 7 heteroatoms. The molecule has 1 N–H and O–H groups in total. The number of rotatable bonds is 8. The highest BCUT2D eigenvalue weighted by molar-refractivity contribution is 5.76. The van der Waals surface area contributed by atoms with E-state index in [4.69, 9.17) is 4.74 Å². The highest BCUT2D eigenvalue weighted by Crippen LogP contribution is 2.31. The van der Waals surface area contributed by atoms with Crippen molar-refractivity contribution >= 4 is 11.6 Å². The number of amides is 1. The van der Waals surface area contributed by atoms with Gasteiger partial charge in [0, 0.05) is 32.2 Å². The van der Waals surface area contributed by atoms with Crippen molar-refractivity contribution < 1.29 is 23.0 Å². The Balaban J connectivity index is 1.89. The van der Waals surface area contributed by atoms with Crippen molar-refractivity contribution in [3.05, 3.63) is 24.3 Å². The van der Waals surface area contributed by atoms with Gasteiger partial charge in [0.15, 0.2) is 0 Å². The van der Waals surface area contributed by atoms with Crippen LogP contribution in [0.5, 0.6) is 5.75 Å². The van der Waals surface area contributed by atoms with Gasteiger partial charge in [0.2, 0.25) is 5.91 Å². The summed E-state index contributed by atoms with van der Waals surface area (Å²) in [6.07, 6.45) is 1.10. The van der Waals surface area contributed by atoms with Gasteiger partial charge in [-0.15, -0.1) is 0 Å². The summed E-state index contributed by atoms with van der Waals surface area (Å²) in [6.45, 7) is 1.28. The lowest BCUT2D eigenvalue weighted by Crippen LogP contribution is -2.37. The predicted octanol–water partition coefficient (Wildman–Crippen LogP) is 2.41. The number of carbonyl (C=O) groups is 1. The molecule has 0 unspecified atom stereocenters. The van der Waals surface area contributed by atoms with Crippen LogP contribution in [0, 0.1) is 0 Å². The fourth-order valence-corrected chi connectivity index (χ4v) is 2.62. The van der Waals surface area contributed by atoms with Crippen molar-refractivity contribution in [2.24, 2.45) is 0 Å². The number of carbonyl (C=O) groups excluding carboxylic acids is 1. The Morgan fingerprint density at radius 1 is 1.43 bits per heavy atom. The van der Waals surface area contributed by atoms with Gasteiger partial charge in [0.05, 0.1) is 12.3 Å². The number of nitrogens with zero attached hydrogens (tertiary/aromatic N) is 1. The molecule has 0 aromatic heterocycles. The third kappa shape index (κ3) is 5.35. The molecule has 1 aromatic rings. The minimum atomic E-state index is -2.85.